The van der Waals surface area contributed by atoms with Crippen LogP contribution in [0.15, 0.2) is 78.2 Å². The second-order valence-electron chi connectivity index (χ2n) is 8.70. The molecule has 0 saturated heterocycles. The molecule has 1 fully saturated rings. The summed E-state index contributed by atoms with van der Waals surface area (Å²) in [6.07, 6.45) is 5.62. The number of hydrogen-bond acceptors (Lipinski definition) is 6. The molecule has 1 aliphatic rings. The Bertz CT molecular complexity index is 1370. The van der Waals surface area contributed by atoms with Gasteiger partial charge in [-0.3, -0.25) is 19.1 Å². The van der Waals surface area contributed by atoms with Crippen LogP contribution >= 0.6 is 11.8 Å². The van der Waals surface area contributed by atoms with E-state index in [4.69, 9.17) is 0 Å². The van der Waals surface area contributed by atoms with Gasteiger partial charge in [-0.1, -0.05) is 53.7 Å². The number of hydrogen-bond donors (Lipinski definition) is 2. The molecule has 5 rings (SSSR count). The first-order valence-corrected chi connectivity index (χ1v) is 12.8. The molecule has 182 valence electrons. The van der Waals surface area contributed by atoms with E-state index in [1.165, 1.54) is 17.3 Å². The zero-order valence-corrected chi connectivity index (χ0v) is 20.7. The van der Waals surface area contributed by atoms with E-state index < -0.39 is 0 Å². The lowest BCUT2D eigenvalue weighted by molar-refractivity contribution is -0.113. The highest BCUT2D eigenvalue weighted by Gasteiger charge is 2.30. The number of thioether (sulfide) groups is 1. The Morgan fingerprint density at radius 1 is 1.03 bits per heavy atom. The van der Waals surface area contributed by atoms with Crippen molar-refractivity contribution in [1.29, 1.82) is 0 Å². The third kappa shape index (κ3) is 5.63. The van der Waals surface area contributed by atoms with Gasteiger partial charge < -0.3 is 10.6 Å². The number of nitrogens with one attached hydrogen (secondary N) is 2. The van der Waals surface area contributed by atoms with Gasteiger partial charge in [0.1, 0.15) is 0 Å². The van der Waals surface area contributed by atoms with E-state index in [2.05, 4.69) is 30.4 Å². The summed E-state index contributed by atoms with van der Waals surface area (Å²) in [5, 5.41) is 15.2. The van der Waals surface area contributed by atoms with Gasteiger partial charge in [-0.05, 0) is 49.6 Å². The highest BCUT2D eigenvalue weighted by atomic mass is 32.2. The average Bonchev–Trinajstić information content (AvgIpc) is 3.66. The standard InChI is InChI=1S/C27H26N6O2S/c1-18-8-10-19(11-9-18)15-29-26(35)22-6-2-3-7-23(22)30-24(34)17-36-27-32-31-25(33(27)21-12-13-21)20-5-4-14-28-16-20/h2-11,14,16,21H,12-13,15,17H2,1H3,(H,29,35)(H,30,34). The topological polar surface area (TPSA) is 102 Å². The molecule has 8 nitrogen and oxygen atoms in total. The van der Waals surface area contributed by atoms with Gasteiger partial charge in [0.2, 0.25) is 5.91 Å². The van der Waals surface area contributed by atoms with Gasteiger partial charge in [-0.2, -0.15) is 0 Å². The lowest BCUT2D eigenvalue weighted by atomic mass is 10.1. The second kappa shape index (κ2) is 10.7. The van der Waals surface area contributed by atoms with Gasteiger partial charge in [-0.15, -0.1) is 10.2 Å². The van der Waals surface area contributed by atoms with E-state index in [0.29, 0.717) is 29.0 Å². The number of carbonyl (C=O) groups is 2. The molecule has 0 atom stereocenters. The van der Waals surface area contributed by atoms with Gasteiger partial charge in [0.25, 0.3) is 5.91 Å². The molecule has 1 saturated carbocycles. The van der Waals surface area contributed by atoms with Crippen molar-refractivity contribution in [2.75, 3.05) is 11.1 Å². The minimum Gasteiger partial charge on any atom is -0.348 e. The Morgan fingerprint density at radius 3 is 2.58 bits per heavy atom. The van der Waals surface area contributed by atoms with Crippen molar-refractivity contribution in [2.45, 2.75) is 37.5 Å². The number of benzene rings is 2. The fourth-order valence-corrected chi connectivity index (χ4v) is 4.62. The minimum absolute atomic E-state index is 0.150. The number of anilines is 1. The SMILES string of the molecule is Cc1ccc(CNC(=O)c2ccccc2NC(=O)CSc2nnc(-c3cccnc3)n2C2CC2)cc1. The summed E-state index contributed by atoms with van der Waals surface area (Å²) in [6, 6.07) is 19.2. The molecule has 0 spiro atoms. The van der Waals surface area contributed by atoms with Crippen molar-refractivity contribution in [3.05, 3.63) is 89.7 Å². The van der Waals surface area contributed by atoms with Crippen LogP contribution in [0.5, 0.6) is 0 Å². The van der Waals surface area contributed by atoms with Gasteiger partial charge in [0, 0.05) is 30.5 Å². The first-order valence-electron chi connectivity index (χ1n) is 11.8. The Labute approximate surface area is 213 Å². The first-order chi connectivity index (χ1) is 17.6. The maximum absolute atomic E-state index is 12.8. The van der Waals surface area contributed by atoms with Crippen molar-refractivity contribution in [3.8, 4) is 11.4 Å². The third-order valence-corrected chi connectivity index (χ3v) is 6.79. The summed E-state index contributed by atoms with van der Waals surface area (Å²) in [4.78, 5) is 29.8. The number of amides is 2. The highest BCUT2D eigenvalue weighted by molar-refractivity contribution is 7.99. The molecule has 2 aromatic carbocycles. The fraction of sp³-hybridized carbons (Fsp3) is 0.222. The average molecular weight is 499 g/mol. The molecule has 2 aromatic heterocycles. The second-order valence-corrected chi connectivity index (χ2v) is 9.64. The zero-order chi connectivity index (χ0) is 24.9. The van der Waals surface area contributed by atoms with Crippen molar-refractivity contribution < 1.29 is 9.59 Å². The maximum Gasteiger partial charge on any atom is 0.253 e. The maximum atomic E-state index is 12.8. The fourth-order valence-electron chi connectivity index (χ4n) is 3.82. The van der Waals surface area contributed by atoms with E-state index in [9.17, 15) is 9.59 Å². The van der Waals surface area contributed by atoms with Gasteiger partial charge in [0.05, 0.1) is 17.0 Å². The molecular formula is C27H26N6O2S. The summed E-state index contributed by atoms with van der Waals surface area (Å²) >= 11 is 1.34. The molecular weight excluding hydrogens is 472 g/mol. The van der Waals surface area contributed by atoms with Crippen LogP contribution in [-0.4, -0.2) is 37.3 Å². The van der Waals surface area contributed by atoms with E-state index in [1.54, 1.807) is 36.7 Å². The first kappa shape index (κ1) is 23.7. The van der Waals surface area contributed by atoms with E-state index in [1.807, 2.05) is 43.3 Å². The largest absolute Gasteiger partial charge is 0.348 e. The summed E-state index contributed by atoms with van der Waals surface area (Å²) in [6.45, 7) is 2.43. The number of rotatable bonds is 9. The predicted molar refractivity (Wildman–Crippen MR) is 140 cm³/mol. The highest BCUT2D eigenvalue weighted by Crippen LogP contribution is 2.40. The Morgan fingerprint density at radius 2 is 1.83 bits per heavy atom. The molecule has 0 bridgehead atoms. The number of pyridine rings is 1. The van der Waals surface area contributed by atoms with Crippen molar-refractivity contribution >= 4 is 29.3 Å². The van der Waals surface area contributed by atoms with Crippen molar-refractivity contribution in [3.63, 3.8) is 0 Å². The van der Waals surface area contributed by atoms with E-state index in [0.717, 1.165) is 29.8 Å². The molecule has 9 heteroatoms. The Balaban J connectivity index is 1.22. The summed E-state index contributed by atoms with van der Waals surface area (Å²) in [5.41, 5.74) is 3.97. The monoisotopic (exact) mass is 498 g/mol. The molecule has 2 N–H and O–H groups in total. The number of aromatic nitrogens is 4. The molecule has 36 heavy (non-hydrogen) atoms. The molecule has 1 aliphatic carbocycles. The molecule has 0 radical (unpaired) electrons. The van der Waals surface area contributed by atoms with Crippen LogP contribution in [0.4, 0.5) is 5.69 Å². The van der Waals surface area contributed by atoms with Crippen LogP contribution in [-0.2, 0) is 11.3 Å². The summed E-state index contributed by atoms with van der Waals surface area (Å²) in [5.74, 6) is 0.460. The Hall–Kier alpha value is -3.98. The summed E-state index contributed by atoms with van der Waals surface area (Å²) < 4.78 is 2.10. The molecule has 2 amide bonds. The zero-order valence-electron chi connectivity index (χ0n) is 19.8. The smallest absolute Gasteiger partial charge is 0.253 e. The number of para-hydroxylation sites is 1. The van der Waals surface area contributed by atoms with E-state index in [-0.39, 0.29) is 17.6 Å². The molecule has 2 heterocycles. The van der Waals surface area contributed by atoms with Gasteiger partial charge >= 0.3 is 0 Å². The van der Waals surface area contributed by atoms with Crippen LogP contribution in [0, 0.1) is 6.92 Å². The van der Waals surface area contributed by atoms with Crippen molar-refractivity contribution in [2.24, 2.45) is 0 Å². The summed E-state index contributed by atoms with van der Waals surface area (Å²) in [7, 11) is 0. The van der Waals surface area contributed by atoms with Crippen LogP contribution in [0.1, 0.15) is 40.4 Å². The van der Waals surface area contributed by atoms with Crippen LogP contribution in [0.2, 0.25) is 0 Å². The minimum atomic E-state index is -0.242. The molecule has 4 aromatic rings. The van der Waals surface area contributed by atoms with Gasteiger partial charge in [0.15, 0.2) is 11.0 Å². The number of nitrogens with zero attached hydrogens (tertiary/aromatic N) is 4. The van der Waals surface area contributed by atoms with Crippen LogP contribution in [0.3, 0.4) is 0 Å². The quantitative estimate of drug-likeness (QED) is 0.326. The van der Waals surface area contributed by atoms with Crippen LogP contribution < -0.4 is 10.6 Å². The molecule has 0 unspecified atom stereocenters. The number of carbonyl (C=O) groups excluding carboxylic acids is 2. The van der Waals surface area contributed by atoms with Crippen molar-refractivity contribution in [1.82, 2.24) is 25.1 Å². The lowest BCUT2D eigenvalue weighted by Crippen LogP contribution is -2.25. The normalized spacial score (nSPS) is 12.8. The number of aryl methyl sites for hydroxylation is 1. The Kier molecular flexibility index (Phi) is 7.08. The van der Waals surface area contributed by atoms with E-state index >= 15 is 0 Å². The van der Waals surface area contributed by atoms with Gasteiger partial charge in [-0.25, -0.2) is 0 Å². The third-order valence-electron chi connectivity index (χ3n) is 5.85. The molecule has 0 aliphatic heterocycles. The predicted octanol–water partition coefficient (Wildman–Crippen LogP) is 4.64. The van der Waals surface area contributed by atoms with Crippen LogP contribution in [0.25, 0.3) is 11.4 Å². The lowest BCUT2D eigenvalue weighted by Gasteiger charge is -2.12.